The van der Waals surface area contributed by atoms with Crippen molar-refractivity contribution in [1.29, 1.82) is 0 Å². The number of rotatable bonds is 3. The van der Waals surface area contributed by atoms with Crippen molar-refractivity contribution in [3.05, 3.63) is 97.6 Å². The summed E-state index contributed by atoms with van der Waals surface area (Å²) in [5, 5.41) is 2.23. The summed E-state index contributed by atoms with van der Waals surface area (Å²) in [6.45, 7) is 0. The van der Waals surface area contributed by atoms with E-state index in [1.165, 1.54) is 0 Å². The van der Waals surface area contributed by atoms with Crippen LogP contribution in [0.4, 0.5) is 0 Å². The maximum Gasteiger partial charge on any atom is 0.234 e. The maximum atomic E-state index is 4.53. The first-order valence-corrected chi connectivity index (χ1v) is 9.66. The summed E-state index contributed by atoms with van der Waals surface area (Å²) in [6, 6.07) is 24.5. The van der Waals surface area contributed by atoms with Gasteiger partial charge in [-0.3, -0.25) is 9.13 Å². The number of hydrogen-bond donors (Lipinski definition) is 0. The highest BCUT2D eigenvalue weighted by Crippen LogP contribution is 2.35. The molecule has 30 heavy (non-hydrogen) atoms. The van der Waals surface area contributed by atoms with Crippen molar-refractivity contribution in [3.63, 3.8) is 0 Å². The molecule has 0 atom stereocenters. The van der Waals surface area contributed by atoms with E-state index in [1.807, 2.05) is 36.4 Å². The van der Waals surface area contributed by atoms with E-state index in [4.69, 9.17) is 0 Å². The van der Waals surface area contributed by atoms with Crippen LogP contribution in [0.2, 0.25) is 0 Å². The lowest BCUT2D eigenvalue weighted by molar-refractivity contribution is 0.932. The van der Waals surface area contributed by atoms with E-state index in [-0.39, 0.29) is 0 Å². The van der Waals surface area contributed by atoms with Crippen LogP contribution >= 0.6 is 0 Å². The van der Waals surface area contributed by atoms with E-state index >= 15 is 0 Å². The van der Waals surface area contributed by atoms with E-state index in [0.717, 1.165) is 33.2 Å². The molecular weight excluding hydrogens is 372 g/mol. The molecule has 0 spiro atoms. The van der Waals surface area contributed by atoms with Gasteiger partial charge in [0.1, 0.15) is 0 Å². The van der Waals surface area contributed by atoms with Crippen molar-refractivity contribution in [1.82, 2.24) is 29.1 Å². The van der Waals surface area contributed by atoms with Crippen LogP contribution in [0.25, 0.3) is 45.1 Å². The first kappa shape index (κ1) is 16.6. The molecule has 4 heterocycles. The van der Waals surface area contributed by atoms with Crippen molar-refractivity contribution in [2.75, 3.05) is 0 Å². The molecule has 0 aliphatic heterocycles. The molecule has 0 saturated heterocycles. The summed E-state index contributed by atoms with van der Waals surface area (Å²) in [7, 11) is 0. The largest absolute Gasteiger partial charge is 0.276 e. The second kappa shape index (κ2) is 6.63. The minimum absolute atomic E-state index is 0.625. The number of benzene rings is 2. The average Bonchev–Trinajstić information content (AvgIpc) is 3.39. The Morgan fingerprint density at radius 3 is 1.30 bits per heavy atom. The Kier molecular flexibility index (Phi) is 3.67. The molecule has 0 N–H and O–H groups in total. The molecule has 0 radical (unpaired) electrons. The number of aromatic nitrogens is 6. The fourth-order valence-corrected chi connectivity index (χ4v) is 3.93. The Morgan fingerprint density at radius 2 is 0.867 bits per heavy atom. The predicted molar refractivity (Wildman–Crippen MR) is 117 cm³/mol. The lowest BCUT2D eigenvalue weighted by atomic mass is 10.2. The molecule has 6 heteroatoms. The molecule has 2 aromatic carbocycles. The number of nitrogens with zero attached hydrogens (tertiary/aromatic N) is 6. The van der Waals surface area contributed by atoms with Gasteiger partial charge in [-0.25, -0.2) is 19.9 Å². The number of fused-ring (bicyclic) bond motifs is 2. The van der Waals surface area contributed by atoms with Crippen LogP contribution < -0.4 is 0 Å². The molecule has 0 saturated carbocycles. The van der Waals surface area contributed by atoms with Crippen molar-refractivity contribution in [3.8, 4) is 23.3 Å². The predicted octanol–water partition coefficient (Wildman–Crippen LogP) is 4.82. The second-order valence-electron chi connectivity index (χ2n) is 6.95. The second-order valence-corrected chi connectivity index (χ2v) is 6.95. The minimum atomic E-state index is 0.625. The standard InChI is InChI=1S/C24H16N6/c1-3-9-19-17(7-1)15-21(29(19)23-25-11-5-12-26-23)22-16-18-8-2-4-10-20(18)30(22)24-27-13-6-14-28-24/h1-16H. The molecule has 4 aromatic heterocycles. The monoisotopic (exact) mass is 388 g/mol. The van der Waals surface area contributed by atoms with E-state index < -0.39 is 0 Å². The molecule has 0 aliphatic rings. The van der Waals surface area contributed by atoms with Gasteiger partial charge in [0, 0.05) is 35.6 Å². The Balaban J connectivity index is 1.74. The summed E-state index contributed by atoms with van der Waals surface area (Å²) in [5.41, 5.74) is 4.05. The minimum Gasteiger partial charge on any atom is -0.276 e. The van der Waals surface area contributed by atoms with Gasteiger partial charge < -0.3 is 0 Å². The third kappa shape index (κ3) is 2.51. The van der Waals surface area contributed by atoms with Gasteiger partial charge >= 0.3 is 0 Å². The lowest BCUT2D eigenvalue weighted by Gasteiger charge is -2.12. The van der Waals surface area contributed by atoms with Crippen LogP contribution in [0.1, 0.15) is 0 Å². The Morgan fingerprint density at radius 1 is 0.467 bits per heavy atom. The lowest BCUT2D eigenvalue weighted by Crippen LogP contribution is -2.06. The fourth-order valence-electron chi connectivity index (χ4n) is 3.93. The van der Waals surface area contributed by atoms with E-state index in [0.29, 0.717) is 11.9 Å². The number of hydrogen-bond acceptors (Lipinski definition) is 4. The smallest absolute Gasteiger partial charge is 0.234 e. The first-order chi connectivity index (χ1) is 14.9. The highest BCUT2D eigenvalue weighted by molar-refractivity contribution is 5.93. The zero-order valence-corrected chi connectivity index (χ0v) is 15.9. The summed E-state index contributed by atoms with van der Waals surface area (Å²) in [4.78, 5) is 18.1. The van der Waals surface area contributed by atoms with Crippen molar-refractivity contribution in [2.45, 2.75) is 0 Å². The topological polar surface area (TPSA) is 61.4 Å². The summed E-state index contributed by atoms with van der Waals surface area (Å²) in [6.07, 6.45) is 7.04. The number of para-hydroxylation sites is 2. The van der Waals surface area contributed by atoms with Crippen LogP contribution in [-0.4, -0.2) is 29.1 Å². The van der Waals surface area contributed by atoms with E-state index in [2.05, 4.69) is 65.5 Å². The van der Waals surface area contributed by atoms with Gasteiger partial charge in [-0.05, 0) is 36.4 Å². The van der Waals surface area contributed by atoms with Gasteiger partial charge in [0.15, 0.2) is 0 Å². The molecule has 0 bridgehead atoms. The van der Waals surface area contributed by atoms with Crippen LogP contribution in [0.15, 0.2) is 97.6 Å². The first-order valence-electron chi connectivity index (χ1n) is 9.66. The molecule has 6 aromatic rings. The molecule has 0 unspecified atom stereocenters. The van der Waals surface area contributed by atoms with E-state index in [1.54, 1.807) is 24.8 Å². The van der Waals surface area contributed by atoms with Gasteiger partial charge in [0.2, 0.25) is 11.9 Å². The molecule has 6 rings (SSSR count). The Labute approximate surface area is 172 Å². The highest BCUT2D eigenvalue weighted by atomic mass is 15.2. The third-order valence-electron chi connectivity index (χ3n) is 5.19. The molecule has 0 amide bonds. The quantitative estimate of drug-likeness (QED) is 0.436. The van der Waals surface area contributed by atoms with Gasteiger partial charge in [-0.15, -0.1) is 0 Å². The Bertz CT molecular complexity index is 1370. The van der Waals surface area contributed by atoms with Crippen LogP contribution in [0.5, 0.6) is 0 Å². The SMILES string of the molecule is c1cnc(-n2c(-c3cc4ccccc4n3-c3ncccn3)cc3ccccc32)nc1. The molecule has 6 nitrogen and oxygen atoms in total. The zero-order valence-electron chi connectivity index (χ0n) is 15.9. The van der Waals surface area contributed by atoms with Gasteiger partial charge in [0.25, 0.3) is 0 Å². The third-order valence-corrected chi connectivity index (χ3v) is 5.19. The normalized spacial score (nSPS) is 11.3. The van der Waals surface area contributed by atoms with Gasteiger partial charge in [0.05, 0.1) is 22.4 Å². The Hall–Kier alpha value is -4.32. The van der Waals surface area contributed by atoms with Gasteiger partial charge in [-0.2, -0.15) is 0 Å². The van der Waals surface area contributed by atoms with E-state index in [9.17, 15) is 0 Å². The van der Waals surface area contributed by atoms with Crippen molar-refractivity contribution < 1.29 is 0 Å². The average molecular weight is 388 g/mol. The maximum absolute atomic E-state index is 4.53. The van der Waals surface area contributed by atoms with Crippen LogP contribution in [-0.2, 0) is 0 Å². The fraction of sp³-hybridized carbons (Fsp3) is 0. The molecular formula is C24H16N6. The summed E-state index contributed by atoms with van der Waals surface area (Å²) in [5.74, 6) is 1.25. The van der Waals surface area contributed by atoms with Crippen LogP contribution in [0.3, 0.4) is 0 Å². The zero-order chi connectivity index (χ0) is 19.9. The molecule has 0 fully saturated rings. The summed E-state index contributed by atoms with van der Waals surface area (Å²) >= 11 is 0. The highest BCUT2D eigenvalue weighted by Gasteiger charge is 2.20. The van der Waals surface area contributed by atoms with Crippen molar-refractivity contribution >= 4 is 21.8 Å². The summed E-state index contributed by atoms with van der Waals surface area (Å²) < 4.78 is 4.17. The van der Waals surface area contributed by atoms with Crippen LogP contribution in [0, 0.1) is 0 Å². The molecule has 142 valence electrons. The van der Waals surface area contributed by atoms with Crippen molar-refractivity contribution in [2.24, 2.45) is 0 Å². The van der Waals surface area contributed by atoms with Gasteiger partial charge in [-0.1, -0.05) is 36.4 Å². The molecule has 0 aliphatic carbocycles.